The molecule has 0 fully saturated rings. The summed E-state index contributed by atoms with van der Waals surface area (Å²) in [5.41, 5.74) is 5.49. The molecule has 116 valence electrons. The van der Waals surface area contributed by atoms with Gasteiger partial charge in [0, 0.05) is 28.7 Å². The molecule has 0 unspecified atom stereocenters. The Morgan fingerprint density at radius 3 is 2.13 bits per heavy atom. The van der Waals surface area contributed by atoms with Crippen LogP contribution >= 0.6 is 0 Å². The third kappa shape index (κ3) is 2.82. The van der Waals surface area contributed by atoms with Crippen molar-refractivity contribution in [2.24, 2.45) is 0 Å². The second-order valence-corrected chi connectivity index (χ2v) is 5.77. The number of rotatable bonds is 3. The summed E-state index contributed by atoms with van der Waals surface area (Å²) < 4.78 is 15.1. The maximum atomic E-state index is 13.2. The average Bonchev–Trinajstić information content (AvgIpc) is 2.86. The summed E-state index contributed by atoms with van der Waals surface area (Å²) in [6.45, 7) is 5.53. The van der Waals surface area contributed by atoms with Crippen molar-refractivity contribution < 1.29 is 9.18 Å². The highest BCUT2D eigenvalue weighted by molar-refractivity contribution is 6.02. The van der Waals surface area contributed by atoms with Gasteiger partial charge in [-0.25, -0.2) is 4.39 Å². The molecule has 2 nitrogen and oxygen atoms in total. The van der Waals surface area contributed by atoms with E-state index in [-0.39, 0.29) is 11.6 Å². The van der Waals surface area contributed by atoms with Gasteiger partial charge < -0.3 is 4.57 Å². The van der Waals surface area contributed by atoms with Crippen LogP contribution in [0, 0.1) is 19.7 Å². The number of hydrogen-bond acceptors (Lipinski definition) is 1. The predicted octanol–water partition coefficient (Wildman–Crippen LogP) is 5.10. The first-order chi connectivity index (χ1) is 11.0. The topological polar surface area (TPSA) is 22.0 Å². The minimum atomic E-state index is -0.274. The molecular formula is C20H18FNO. The van der Waals surface area contributed by atoms with E-state index in [9.17, 15) is 9.18 Å². The third-order valence-corrected chi connectivity index (χ3v) is 4.07. The van der Waals surface area contributed by atoms with Gasteiger partial charge in [-0.2, -0.15) is 0 Å². The molecule has 2 aromatic carbocycles. The molecule has 0 aliphatic heterocycles. The van der Waals surface area contributed by atoms with E-state index in [0.29, 0.717) is 5.56 Å². The van der Waals surface area contributed by atoms with E-state index in [1.54, 1.807) is 19.1 Å². The SMILES string of the molecule is CC(=O)c1c(-c2ccc(C)cc2)cn(-c2ccc(F)cc2)c1C. The molecule has 3 rings (SSSR count). The largest absolute Gasteiger partial charge is 0.320 e. The fourth-order valence-corrected chi connectivity index (χ4v) is 2.87. The summed E-state index contributed by atoms with van der Waals surface area (Å²) in [6, 6.07) is 14.4. The lowest BCUT2D eigenvalue weighted by molar-refractivity contribution is 0.101. The predicted molar refractivity (Wildman–Crippen MR) is 90.6 cm³/mol. The van der Waals surface area contributed by atoms with Gasteiger partial charge in [0.05, 0.1) is 0 Å². The second kappa shape index (κ2) is 5.84. The monoisotopic (exact) mass is 307 g/mol. The van der Waals surface area contributed by atoms with Gasteiger partial charge >= 0.3 is 0 Å². The third-order valence-electron chi connectivity index (χ3n) is 4.07. The Bertz CT molecular complexity index is 858. The zero-order valence-electron chi connectivity index (χ0n) is 13.4. The molecule has 0 saturated carbocycles. The van der Waals surface area contributed by atoms with Crippen molar-refractivity contribution in [2.45, 2.75) is 20.8 Å². The lowest BCUT2D eigenvalue weighted by Gasteiger charge is -2.06. The highest BCUT2D eigenvalue weighted by Gasteiger charge is 2.18. The summed E-state index contributed by atoms with van der Waals surface area (Å²) in [5, 5.41) is 0. The lowest BCUT2D eigenvalue weighted by atomic mass is 10.00. The molecule has 3 heteroatoms. The Labute approximate surface area is 135 Å². The van der Waals surface area contributed by atoms with Crippen molar-refractivity contribution in [2.75, 3.05) is 0 Å². The molecule has 0 N–H and O–H groups in total. The quantitative estimate of drug-likeness (QED) is 0.617. The highest BCUT2D eigenvalue weighted by atomic mass is 19.1. The number of Topliss-reactive ketones (excluding diaryl/α,β-unsaturated/α-hetero) is 1. The summed E-state index contributed by atoms with van der Waals surface area (Å²) in [7, 11) is 0. The minimum absolute atomic E-state index is 0.0268. The molecule has 0 saturated heterocycles. The maximum absolute atomic E-state index is 13.2. The summed E-state index contributed by atoms with van der Waals surface area (Å²) in [4.78, 5) is 12.2. The second-order valence-electron chi connectivity index (χ2n) is 5.77. The molecule has 0 bridgehead atoms. The van der Waals surface area contributed by atoms with Crippen LogP contribution in [-0.2, 0) is 0 Å². The fraction of sp³-hybridized carbons (Fsp3) is 0.150. The molecule has 0 aliphatic rings. The van der Waals surface area contributed by atoms with Crippen LogP contribution in [-0.4, -0.2) is 10.4 Å². The van der Waals surface area contributed by atoms with E-state index in [0.717, 1.165) is 22.5 Å². The fourth-order valence-electron chi connectivity index (χ4n) is 2.87. The number of nitrogens with zero attached hydrogens (tertiary/aromatic N) is 1. The smallest absolute Gasteiger partial charge is 0.162 e. The van der Waals surface area contributed by atoms with Gasteiger partial charge in [-0.1, -0.05) is 29.8 Å². The van der Waals surface area contributed by atoms with Crippen LogP contribution in [0.3, 0.4) is 0 Å². The van der Waals surface area contributed by atoms with Crippen LogP contribution in [0.1, 0.15) is 28.5 Å². The summed E-state index contributed by atoms with van der Waals surface area (Å²) in [6.07, 6.45) is 1.95. The molecular weight excluding hydrogens is 289 g/mol. The number of aromatic nitrogens is 1. The number of aryl methyl sites for hydroxylation is 1. The van der Waals surface area contributed by atoms with E-state index in [2.05, 4.69) is 0 Å². The Kier molecular flexibility index (Phi) is 3.87. The number of hydrogen-bond donors (Lipinski definition) is 0. The van der Waals surface area contributed by atoms with Gasteiger partial charge in [0.15, 0.2) is 5.78 Å². The molecule has 1 aromatic heterocycles. The van der Waals surface area contributed by atoms with Gasteiger partial charge in [-0.3, -0.25) is 4.79 Å². The van der Waals surface area contributed by atoms with Crippen molar-refractivity contribution in [3.63, 3.8) is 0 Å². The first kappa shape index (κ1) is 15.2. The van der Waals surface area contributed by atoms with Crippen LogP contribution in [0.25, 0.3) is 16.8 Å². The van der Waals surface area contributed by atoms with Gasteiger partial charge in [0.1, 0.15) is 5.82 Å². The minimum Gasteiger partial charge on any atom is -0.320 e. The Morgan fingerprint density at radius 1 is 0.957 bits per heavy atom. The first-order valence-corrected chi connectivity index (χ1v) is 7.53. The first-order valence-electron chi connectivity index (χ1n) is 7.53. The van der Waals surface area contributed by atoms with E-state index < -0.39 is 0 Å². The lowest BCUT2D eigenvalue weighted by Crippen LogP contribution is -1.99. The number of halogens is 1. The molecule has 0 radical (unpaired) electrons. The molecule has 0 amide bonds. The van der Waals surface area contributed by atoms with Crippen LogP contribution < -0.4 is 0 Å². The van der Waals surface area contributed by atoms with Crippen LogP contribution in [0.5, 0.6) is 0 Å². The zero-order valence-corrected chi connectivity index (χ0v) is 13.4. The molecule has 0 aliphatic carbocycles. The van der Waals surface area contributed by atoms with Gasteiger partial charge in [0.2, 0.25) is 0 Å². The maximum Gasteiger partial charge on any atom is 0.162 e. The Morgan fingerprint density at radius 2 is 1.57 bits per heavy atom. The van der Waals surface area contributed by atoms with E-state index in [1.807, 2.05) is 48.9 Å². The van der Waals surface area contributed by atoms with E-state index in [4.69, 9.17) is 0 Å². The van der Waals surface area contributed by atoms with Crippen LogP contribution in [0.2, 0.25) is 0 Å². The molecule has 3 aromatic rings. The van der Waals surface area contributed by atoms with Crippen LogP contribution in [0.15, 0.2) is 54.7 Å². The number of ketones is 1. The van der Waals surface area contributed by atoms with Crippen molar-refractivity contribution in [3.8, 4) is 16.8 Å². The van der Waals surface area contributed by atoms with Gasteiger partial charge in [-0.05, 0) is 50.6 Å². The molecule has 0 spiro atoms. The van der Waals surface area contributed by atoms with E-state index >= 15 is 0 Å². The summed E-state index contributed by atoms with van der Waals surface area (Å²) in [5.74, 6) is -0.247. The highest BCUT2D eigenvalue weighted by Crippen LogP contribution is 2.30. The Balaban J connectivity index is 2.20. The van der Waals surface area contributed by atoms with Crippen molar-refractivity contribution in [1.82, 2.24) is 4.57 Å². The summed E-state index contributed by atoms with van der Waals surface area (Å²) >= 11 is 0. The molecule has 23 heavy (non-hydrogen) atoms. The number of carbonyl (C=O) groups excluding carboxylic acids is 1. The van der Waals surface area contributed by atoms with Gasteiger partial charge in [-0.15, -0.1) is 0 Å². The van der Waals surface area contributed by atoms with Crippen LogP contribution in [0.4, 0.5) is 4.39 Å². The number of benzene rings is 2. The zero-order chi connectivity index (χ0) is 16.6. The number of carbonyl (C=O) groups is 1. The normalized spacial score (nSPS) is 10.8. The Hall–Kier alpha value is -2.68. The molecule has 0 atom stereocenters. The van der Waals surface area contributed by atoms with Gasteiger partial charge in [0.25, 0.3) is 0 Å². The van der Waals surface area contributed by atoms with Crippen molar-refractivity contribution >= 4 is 5.78 Å². The van der Waals surface area contributed by atoms with Crippen molar-refractivity contribution in [3.05, 3.63) is 77.4 Å². The molecule has 1 heterocycles. The van der Waals surface area contributed by atoms with Crippen molar-refractivity contribution in [1.29, 1.82) is 0 Å². The standard InChI is InChI=1S/C20H18FNO/c1-13-4-6-16(7-5-13)19-12-22(14(2)20(19)15(3)23)18-10-8-17(21)9-11-18/h4-12H,1-3H3. The van der Waals surface area contributed by atoms with E-state index in [1.165, 1.54) is 17.7 Å². The average molecular weight is 307 g/mol.